The van der Waals surface area contributed by atoms with Crippen LogP contribution in [0.1, 0.15) is 53.4 Å². The highest BCUT2D eigenvalue weighted by atomic mass is 16.5. The van der Waals surface area contributed by atoms with Crippen molar-refractivity contribution in [3.8, 4) is 0 Å². The molecule has 0 aliphatic carbocycles. The standard InChI is InChI=1S/C20H38N4O2/c1-6-26-18(25)17-9-12-23(13-10-17)19(21-5)22-15-20(3,4)24-11-7-8-16(2)14-24/h16-17H,6-15H2,1-5H3,(H,21,22). The van der Waals surface area contributed by atoms with Crippen LogP contribution < -0.4 is 5.32 Å². The van der Waals surface area contributed by atoms with E-state index in [0.717, 1.165) is 44.4 Å². The van der Waals surface area contributed by atoms with Crippen LogP contribution in [0.3, 0.4) is 0 Å². The van der Waals surface area contributed by atoms with Crippen LogP contribution in [0.25, 0.3) is 0 Å². The normalized spacial score (nSPS) is 23.8. The zero-order chi connectivity index (χ0) is 19.2. The molecule has 0 aromatic heterocycles. The number of hydrogen-bond acceptors (Lipinski definition) is 4. The number of nitrogens with zero attached hydrogens (tertiary/aromatic N) is 3. The summed E-state index contributed by atoms with van der Waals surface area (Å²) in [5.41, 5.74) is 0.105. The second-order valence-electron chi connectivity index (χ2n) is 8.42. The lowest BCUT2D eigenvalue weighted by atomic mass is 9.93. The number of ether oxygens (including phenoxy) is 1. The van der Waals surface area contributed by atoms with E-state index in [1.54, 1.807) is 0 Å². The minimum atomic E-state index is -0.0459. The van der Waals surface area contributed by atoms with Crippen molar-refractivity contribution >= 4 is 11.9 Å². The third-order valence-corrected chi connectivity index (χ3v) is 5.82. The van der Waals surface area contributed by atoms with Gasteiger partial charge in [-0.2, -0.15) is 0 Å². The second kappa shape index (κ2) is 9.58. The Morgan fingerprint density at radius 3 is 2.50 bits per heavy atom. The fraction of sp³-hybridized carbons (Fsp3) is 0.900. The van der Waals surface area contributed by atoms with Crippen LogP contribution in [-0.2, 0) is 9.53 Å². The van der Waals surface area contributed by atoms with Gasteiger partial charge in [0.2, 0.25) is 0 Å². The summed E-state index contributed by atoms with van der Waals surface area (Å²) in [6.07, 6.45) is 4.32. The number of piperidine rings is 2. The first-order valence-electron chi connectivity index (χ1n) is 10.2. The first-order chi connectivity index (χ1) is 12.4. The molecule has 2 aliphatic heterocycles. The Bertz CT molecular complexity index is 484. The van der Waals surface area contributed by atoms with Crippen molar-refractivity contribution in [2.75, 3.05) is 46.4 Å². The molecule has 0 aromatic rings. The molecule has 6 nitrogen and oxygen atoms in total. The molecule has 1 N–H and O–H groups in total. The first kappa shape index (κ1) is 21.0. The molecule has 0 radical (unpaired) electrons. The largest absolute Gasteiger partial charge is 0.466 e. The molecule has 0 saturated carbocycles. The smallest absolute Gasteiger partial charge is 0.309 e. The minimum absolute atomic E-state index is 0.0376. The van der Waals surface area contributed by atoms with E-state index in [9.17, 15) is 4.79 Å². The van der Waals surface area contributed by atoms with Crippen molar-refractivity contribution in [3.05, 3.63) is 0 Å². The van der Waals surface area contributed by atoms with Crippen molar-refractivity contribution < 1.29 is 9.53 Å². The topological polar surface area (TPSA) is 57.2 Å². The molecule has 2 fully saturated rings. The molecular formula is C20H38N4O2. The van der Waals surface area contributed by atoms with Crippen LogP contribution in [-0.4, -0.2) is 73.6 Å². The molecule has 0 amide bonds. The number of hydrogen-bond donors (Lipinski definition) is 1. The molecule has 1 atom stereocenters. The van der Waals surface area contributed by atoms with Crippen molar-refractivity contribution in [2.24, 2.45) is 16.8 Å². The molecule has 2 heterocycles. The van der Waals surface area contributed by atoms with Crippen LogP contribution in [0.15, 0.2) is 4.99 Å². The van der Waals surface area contributed by atoms with Crippen molar-refractivity contribution in [1.29, 1.82) is 0 Å². The number of esters is 1. The highest BCUT2D eigenvalue weighted by Crippen LogP contribution is 2.24. The van der Waals surface area contributed by atoms with E-state index in [0.29, 0.717) is 6.61 Å². The van der Waals surface area contributed by atoms with Gasteiger partial charge in [-0.15, -0.1) is 0 Å². The van der Waals surface area contributed by atoms with Crippen LogP contribution >= 0.6 is 0 Å². The van der Waals surface area contributed by atoms with Crippen LogP contribution in [0.4, 0.5) is 0 Å². The predicted octanol–water partition coefficient (Wildman–Crippen LogP) is 2.35. The van der Waals surface area contributed by atoms with E-state index in [1.807, 2.05) is 14.0 Å². The summed E-state index contributed by atoms with van der Waals surface area (Å²) in [5.74, 6) is 1.72. The highest BCUT2D eigenvalue weighted by molar-refractivity contribution is 5.80. The number of likely N-dealkylation sites (tertiary alicyclic amines) is 2. The second-order valence-corrected chi connectivity index (χ2v) is 8.42. The number of carbonyl (C=O) groups is 1. The molecule has 150 valence electrons. The maximum absolute atomic E-state index is 11.9. The summed E-state index contributed by atoms with van der Waals surface area (Å²) in [6, 6.07) is 0. The van der Waals surface area contributed by atoms with Gasteiger partial charge >= 0.3 is 5.97 Å². The molecule has 0 bridgehead atoms. The Morgan fingerprint density at radius 2 is 1.92 bits per heavy atom. The summed E-state index contributed by atoms with van der Waals surface area (Å²) >= 11 is 0. The average molecular weight is 367 g/mol. The molecule has 1 unspecified atom stereocenters. The van der Waals surface area contributed by atoms with Crippen molar-refractivity contribution in [2.45, 2.75) is 58.9 Å². The molecule has 0 spiro atoms. The minimum Gasteiger partial charge on any atom is -0.466 e. The lowest BCUT2D eigenvalue weighted by Gasteiger charge is -2.44. The molecule has 2 saturated heterocycles. The molecule has 6 heteroatoms. The molecule has 2 rings (SSSR count). The Labute approximate surface area is 159 Å². The van der Waals surface area contributed by atoms with Gasteiger partial charge in [0.05, 0.1) is 12.5 Å². The van der Waals surface area contributed by atoms with E-state index < -0.39 is 0 Å². The van der Waals surface area contributed by atoms with E-state index in [-0.39, 0.29) is 17.4 Å². The quantitative estimate of drug-likeness (QED) is 0.460. The van der Waals surface area contributed by atoms with E-state index >= 15 is 0 Å². The van der Waals surface area contributed by atoms with Gasteiger partial charge in [0.15, 0.2) is 5.96 Å². The van der Waals surface area contributed by atoms with Crippen LogP contribution in [0, 0.1) is 11.8 Å². The maximum Gasteiger partial charge on any atom is 0.309 e. The number of nitrogens with one attached hydrogen (secondary N) is 1. The van der Waals surface area contributed by atoms with Gasteiger partial charge in [0.1, 0.15) is 0 Å². The summed E-state index contributed by atoms with van der Waals surface area (Å²) < 4.78 is 5.16. The summed E-state index contributed by atoms with van der Waals surface area (Å²) in [5, 5.41) is 3.58. The molecule has 2 aliphatic rings. The molecular weight excluding hydrogens is 328 g/mol. The Hall–Kier alpha value is -1.30. The molecule has 26 heavy (non-hydrogen) atoms. The van der Waals surface area contributed by atoms with Gasteiger partial charge in [0, 0.05) is 38.8 Å². The summed E-state index contributed by atoms with van der Waals surface area (Å²) in [4.78, 5) is 21.3. The summed E-state index contributed by atoms with van der Waals surface area (Å²) in [6.45, 7) is 14.3. The zero-order valence-corrected chi connectivity index (χ0v) is 17.4. The Kier molecular flexibility index (Phi) is 7.74. The lowest BCUT2D eigenvalue weighted by Crippen LogP contribution is -2.57. The van der Waals surface area contributed by atoms with Crippen LogP contribution in [0.2, 0.25) is 0 Å². The summed E-state index contributed by atoms with van der Waals surface area (Å²) in [7, 11) is 1.84. The monoisotopic (exact) mass is 366 g/mol. The number of rotatable bonds is 5. The lowest BCUT2D eigenvalue weighted by molar-refractivity contribution is -0.149. The van der Waals surface area contributed by atoms with Crippen LogP contribution in [0.5, 0.6) is 0 Å². The van der Waals surface area contributed by atoms with Crippen molar-refractivity contribution in [1.82, 2.24) is 15.1 Å². The first-order valence-corrected chi connectivity index (χ1v) is 10.2. The van der Waals surface area contributed by atoms with Crippen molar-refractivity contribution in [3.63, 3.8) is 0 Å². The number of aliphatic imine (C=N–C) groups is 1. The van der Waals surface area contributed by atoms with Gasteiger partial charge in [-0.3, -0.25) is 14.7 Å². The van der Waals surface area contributed by atoms with Gasteiger partial charge < -0.3 is 15.0 Å². The fourth-order valence-electron chi connectivity index (χ4n) is 4.07. The maximum atomic E-state index is 11.9. The Balaban J connectivity index is 1.83. The average Bonchev–Trinajstić information content (AvgIpc) is 2.63. The third-order valence-electron chi connectivity index (χ3n) is 5.82. The van der Waals surface area contributed by atoms with E-state index in [4.69, 9.17) is 4.74 Å². The predicted molar refractivity (Wildman–Crippen MR) is 106 cm³/mol. The Morgan fingerprint density at radius 1 is 1.23 bits per heavy atom. The number of carbonyl (C=O) groups excluding carboxylic acids is 1. The van der Waals surface area contributed by atoms with E-state index in [1.165, 1.54) is 25.9 Å². The SMILES string of the molecule is CCOC(=O)C1CCN(C(=NC)NCC(C)(C)N2CCCC(C)C2)CC1. The number of guanidine groups is 1. The van der Waals surface area contributed by atoms with Gasteiger partial charge in [0.25, 0.3) is 0 Å². The van der Waals surface area contributed by atoms with Gasteiger partial charge in [-0.25, -0.2) is 0 Å². The third kappa shape index (κ3) is 5.60. The highest BCUT2D eigenvalue weighted by Gasteiger charge is 2.32. The fourth-order valence-corrected chi connectivity index (χ4v) is 4.07. The molecule has 0 aromatic carbocycles. The zero-order valence-electron chi connectivity index (χ0n) is 17.4. The van der Waals surface area contributed by atoms with Gasteiger partial charge in [-0.1, -0.05) is 6.92 Å². The van der Waals surface area contributed by atoms with E-state index in [2.05, 4.69) is 40.9 Å². The van der Waals surface area contributed by atoms with Gasteiger partial charge in [-0.05, 0) is 58.9 Å².